The summed E-state index contributed by atoms with van der Waals surface area (Å²) in [5, 5.41) is 5.13. The van der Waals surface area contributed by atoms with Crippen LogP contribution in [0.3, 0.4) is 0 Å². The van der Waals surface area contributed by atoms with Gasteiger partial charge in [-0.1, -0.05) is 6.07 Å². The number of hydrogen-bond donors (Lipinski definition) is 1. The van der Waals surface area contributed by atoms with Gasteiger partial charge in [0.15, 0.2) is 0 Å². The second kappa shape index (κ2) is 7.66. The van der Waals surface area contributed by atoms with Crippen molar-refractivity contribution >= 4 is 22.9 Å². The van der Waals surface area contributed by atoms with Gasteiger partial charge in [0.2, 0.25) is 5.91 Å². The number of nitrogens with zero attached hydrogens (tertiary/aromatic N) is 1. The fraction of sp³-hybridized carbons (Fsp3) is 0.389. The predicted molar refractivity (Wildman–Crippen MR) is 94.1 cm³/mol. The van der Waals surface area contributed by atoms with Gasteiger partial charge in [-0.05, 0) is 43.3 Å². The van der Waals surface area contributed by atoms with Crippen LogP contribution in [0.5, 0.6) is 5.75 Å². The summed E-state index contributed by atoms with van der Waals surface area (Å²) in [6, 6.07) is 8.58. The maximum absolute atomic E-state index is 13.3. The quantitative estimate of drug-likeness (QED) is 0.856. The van der Waals surface area contributed by atoms with Crippen LogP contribution in [-0.4, -0.2) is 30.5 Å². The average Bonchev–Trinajstić information content (AvgIpc) is 3.25. The van der Waals surface area contributed by atoms with E-state index >= 15 is 0 Å². The molecule has 1 amide bonds. The molecule has 24 heavy (non-hydrogen) atoms. The van der Waals surface area contributed by atoms with Crippen molar-refractivity contribution in [3.05, 3.63) is 46.4 Å². The zero-order chi connectivity index (χ0) is 16.9. The molecule has 0 saturated carbocycles. The van der Waals surface area contributed by atoms with Gasteiger partial charge < -0.3 is 15.0 Å². The minimum atomic E-state index is -0.354. The van der Waals surface area contributed by atoms with E-state index in [9.17, 15) is 9.18 Å². The molecule has 1 unspecified atom stereocenters. The summed E-state index contributed by atoms with van der Waals surface area (Å²) < 4.78 is 18.8. The van der Waals surface area contributed by atoms with Crippen molar-refractivity contribution in [2.45, 2.75) is 25.8 Å². The summed E-state index contributed by atoms with van der Waals surface area (Å²) in [4.78, 5) is 15.8. The highest BCUT2D eigenvalue weighted by molar-refractivity contribution is 7.10. The van der Waals surface area contributed by atoms with Crippen molar-refractivity contribution in [1.82, 2.24) is 4.90 Å². The third kappa shape index (κ3) is 3.70. The molecule has 0 radical (unpaired) electrons. The van der Waals surface area contributed by atoms with Crippen molar-refractivity contribution in [2.75, 3.05) is 25.0 Å². The summed E-state index contributed by atoms with van der Waals surface area (Å²) in [6.45, 7) is 3.24. The summed E-state index contributed by atoms with van der Waals surface area (Å²) in [5.41, 5.74) is 0.637. The van der Waals surface area contributed by atoms with Crippen LogP contribution in [0.1, 0.15) is 30.7 Å². The van der Waals surface area contributed by atoms with Crippen LogP contribution in [0.4, 0.5) is 10.1 Å². The van der Waals surface area contributed by atoms with Gasteiger partial charge in [-0.2, -0.15) is 0 Å². The van der Waals surface area contributed by atoms with Crippen LogP contribution in [0.2, 0.25) is 0 Å². The fourth-order valence-corrected chi connectivity index (χ4v) is 3.90. The average molecular weight is 348 g/mol. The van der Waals surface area contributed by atoms with E-state index in [-0.39, 0.29) is 24.3 Å². The molecular formula is C18H21FN2O2S. The molecule has 1 aliphatic rings. The van der Waals surface area contributed by atoms with E-state index in [1.807, 2.05) is 23.3 Å². The van der Waals surface area contributed by atoms with Crippen LogP contribution in [0.25, 0.3) is 0 Å². The van der Waals surface area contributed by atoms with E-state index in [1.165, 1.54) is 17.0 Å². The molecule has 1 N–H and O–H groups in total. The second-order valence-electron chi connectivity index (χ2n) is 5.69. The van der Waals surface area contributed by atoms with Crippen LogP contribution in [0.15, 0.2) is 35.7 Å². The molecule has 2 aromatic rings. The van der Waals surface area contributed by atoms with Gasteiger partial charge in [-0.15, -0.1) is 11.3 Å². The van der Waals surface area contributed by atoms with Crippen LogP contribution in [-0.2, 0) is 4.79 Å². The largest absolute Gasteiger partial charge is 0.492 e. The molecule has 4 nitrogen and oxygen atoms in total. The number of rotatable bonds is 6. The van der Waals surface area contributed by atoms with Gasteiger partial charge in [0.1, 0.15) is 11.6 Å². The third-order valence-electron chi connectivity index (χ3n) is 4.12. The number of benzene rings is 1. The molecule has 6 heteroatoms. The molecule has 1 saturated heterocycles. The fourth-order valence-electron chi connectivity index (χ4n) is 3.03. The minimum absolute atomic E-state index is 0.0534. The number of anilines is 1. The first-order valence-electron chi connectivity index (χ1n) is 8.18. The van der Waals surface area contributed by atoms with E-state index in [1.54, 1.807) is 17.4 Å². The summed E-state index contributed by atoms with van der Waals surface area (Å²) in [7, 11) is 0. The molecule has 1 aromatic heterocycles. The van der Waals surface area contributed by atoms with Crippen molar-refractivity contribution in [3.8, 4) is 5.75 Å². The Morgan fingerprint density at radius 1 is 1.46 bits per heavy atom. The van der Waals surface area contributed by atoms with Crippen LogP contribution < -0.4 is 10.1 Å². The Kier molecular flexibility index (Phi) is 5.35. The van der Waals surface area contributed by atoms with Gasteiger partial charge in [-0.25, -0.2) is 4.39 Å². The van der Waals surface area contributed by atoms with Crippen molar-refractivity contribution in [1.29, 1.82) is 0 Å². The Labute approximate surface area is 145 Å². The number of nitrogens with one attached hydrogen (secondary N) is 1. The van der Waals surface area contributed by atoms with Gasteiger partial charge in [0.05, 0.1) is 24.9 Å². The lowest BCUT2D eigenvalue weighted by Crippen LogP contribution is -2.34. The maximum atomic E-state index is 13.3. The van der Waals surface area contributed by atoms with Gasteiger partial charge in [-0.3, -0.25) is 4.79 Å². The number of thiophene rings is 1. The molecule has 0 spiro atoms. The van der Waals surface area contributed by atoms with E-state index in [2.05, 4.69) is 11.4 Å². The van der Waals surface area contributed by atoms with Crippen LogP contribution >= 0.6 is 11.3 Å². The van der Waals surface area contributed by atoms with Gasteiger partial charge in [0.25, 0.3) is 0 Å². The summed E-state index contributed by atoms with van der Waals surface area (Å²) in [6.07, 6.45) is 2.03. The number of ether oxygens (including phenoxy) is 1. The number of halogens is 1. The van der Waals surface area contributed by atoms with Crippen molar-refractivity contribution < 1.29 is 13.9 Å². The molecule has 0 bridgehead atoms. The number of likely N-dealkylation sites (tertiary alicyclic amines) is 1. The van der Waals surface area contributed by atoms with E-state index in [4.69, 9.17) is 4.74 Å². The first kappa shape index (κ1) is 16.8. The highest BCUT2D eigenvalue weighted by Crippen LogP contribution is 2.34. The smallest absolute Gasteiger partial charge is 0.242 e. The normalized spacial score (nSPS) is 17.1. The monoisotopic (exact) mass is 348 g/mol. The number of carbonyl (C=O) groups is 1. The molecule has 1 aliphatic heterocycles. The summed E-state index contributed by atoms with van der Waals surface area (Å²) >= 11 is 1.69. The van der Waals surface area contributed by atoms with Crippen molar-refractivity contribution in [3.63, 3.8) is 0 Å². The molecule has 1 atom stereocenters. The Bertz CT molecular complexity index is 690. The maximum Gasteiger partial charge on any atom is 0.242 e. The summed E-state index contributed by atoms with van der Waals surface area (Å²) in [5.74, 6) is 0.131. The predicted octanol–water partition coefficient (Wildman–Crippen LogP) is 4.06. The van der Waals surface area contributed by atoms with E-state index < -0.39 is 0 Å². The highest BCUT2D eigenvalue weighted by atomic mass is 32.1. The lowest BCUT2D eigenvalue weighted by Gasteiger charge is -2.24. The standard InChI is InChI=1S/C18H21FN2O2S/c1-2-23-16-11-13(19)7-8-14(16)20-12-18(22)21-9-3-5-15(21)17-6-4-10-24-17/h4,6-8,10-11,15,20H,2-3,5,9,12H2,1H3. The number of amides is 1. The first-order chi connectivity index (χ1) is 11.7. The molecule has 2 heterocycles. The number of hydrogen-bond acceptors (Lipinski definition) is 4. The first-order valence-corrected chi connectivity index (χ1v) is 9.06. The molecule has 128 valence electrons. The molecule has 1 fully saturated rings. The van der Waals surface area contributed by atoms with E-state index in [0.717, 1.165) is 19.4 Å². The van der Waals surface area contributed by atoms with Gasteiger partial charge >= 0.3 is 0 Å². The minimum Gasteiger partial charge on any atom is -0.492 e. The molecule has 1 aromatic carbocycles. The molecular weight excluding hydrogens is 327 g/mol. The molecule has 0 aliphatic carbocycles. The number of carbonyl (C=O) groups excluding carboxylic acids is 1. The SMILES string of the molecule is CCOc1cc(F)ccc1NCC(=O)N1CCCC1c1cccs1. The Balaban J connectivity index is 1.65. The lowest BCUT2D eigenvalue weighted by molar-refractivity contribution is -0.130. The Morgan fingerprint density at radius 2 is 2.33 bits per heavy atom. The second-order valence-corrected chi connectivity index (χ2v) is 6.67. The zero-order valence-corrected chi connectivity index (χ0v) is 14.4. The third-order valence-corrected chi connectivity index (χ3v) is 5.09. The molecule has 3 rings (SSSR count). The Hall–Kier alpha value is -2.08. The lowest BCUT2D eigenvalue weighted by atomic mass is 10.2. The van der Waals surface area contributed by atoms with Gasteiger partial charge in [0, 0.05) is 17.5 Å². The van der Waals surface area contributed by atoms with Crippen molar-refractivity contribution in [2.24, 2.45) is 0 Å². The van der Waals surface area contributed by atoms with E-state index in [0.29, 0.717) is 18.0 Å². The highest BCUT2D eigenvalue weighted by Gasteiger charge is 2.30. The van der Waals surface area contributed by atoms with Crippen LogP contribution in [0, 0.1) is 5.82 Å². The Morgan fingerprint density at radius 3 is 3.08 bits per heavy atom. The topological polar surface area (TPSA) is 41.6 Å². The zero-order valence-electron chi connectivity index (χ0n) is 13.6.